The molecule has 0 aliphatic carbocycles. The Morgan fingerprint density at radius 1 is 0.920 bits per heavy atom. The number of phenols is 1. The first-order chi connectivity index (χ1) is 12.2. The molecule has 3 aromatic rings. The fourth-order valence-corrected chi connectivity index (χ4v) is 2.59. The number of ketones is 1. The molecule has 0 bridgehead atoms. The van der Waals surface area contributed by atoms with Crippen LogP contribution in [0.5, 0.6) is 5.75 Å². The Kier molecular flexibility index (Phi) is 5.37. The van der Waals surface area contributed by atoms with Crippen molar-refractivity contribution < 1.29 is 9.90 Å². The van der Waals surface area contributed by atoms with Crippen LogP contribution in [0.3, 0.4) is 0 Å². The molecule has 1 N–H and O–H groups in total. The summed E-state index contributed by atoms with van der Waals surface area (Å²) in [7, 11) is 0. The van der Waals surface area contributed by atoms with E-state index in [-0.39, 0.29) is 11.5 Å². The average molecular weight is 329 g/mol. The molecule has 0 fully saturated rings. The second-order valence-corrected chi connectivity index (χ2v) is 5.79. The van der Waals surface area contributed by atoms with Crippen LogP contribution in [0, 0.1) is 0 Å². The zero-order valence-corrected chi connectivity index (χ0v) is 13.8. The third-order valence-corrected chi connectivity index (χ3v) is 3.96. The van der Waals surface area contributed by atoms with Crippen molar-refractivity contribution in [3.63, 3.8) is 0 Å². The van der Waals surface area contributed by atoms with Gasteiger partial charge in [-0.05, 0) is 60.4 Å². The van der Waals surface area contributed by atoms with Crippen molar-refractivity contribution in [1.82, 2.24) is 4.98 Å². The second kappa shape index (κ2) is 8.06. The highest BCUT2D eigenvalue weighted by atomic mass is 16.3. The average Bonchev–Trinajstić information content (AvgIpc) is 2.67. The Bertz CT molecular complexity index is 871. The molecule has 3 rings (SSSR count). The predicted molar refractivity (Wildman–Crippen MR) is 99.6 cm³/mol. The summed E-state index contributed by atoms with van der Waals surface area (Å²) in [4.78, 5) is 16.5. The van der Waals surface area contributed by atoms with Crippen LogP contribution in [0.15, 0.2) is 79.0 Å². The number of carbonyl (C=O) groups excluding carboxylic acids is 1. The largest absolute Gasteiger partial charge is 0.507 e. The molecular formula is C22H19NO2. The van der Waals surface area contributed by atoms with Crippen molar-refractivity contribution >= 4 is 11.9 Å². The van der Waals surface area contributed by atoms with Crippen molar-refractivity contribution in [1.29, 1.82) is 0 Å². The van der Waals surface area contributed by atoms with E-state index in [2.05, 4.69) is 17.1 Å². The van der Waals surface area contributed by atoms with Gasteiger partial charge in [-0.2, -0.15) is 0 Å². The molecule has 0 spiro atoms. The highest BCUT2D eigenvalue weighted by Gasteiger charge is 2.09. The standard InChI is InChI=1S/C22H19NO2/c24-21-13-11-18(10-9-17-6-2-1-3-7-17)16-20(21)22(25)14-12-19-8-4-5-15-23-19/h1-8,11-16,24H,9-10H2/b14-12+. The SMILES string of the molecule is O=C(/C=C/c1ccccn1)c1cc(CCc2ccccc2)ccc1O. The number of nitrogens with zero attached hydrogens (tertiary/aromatic N) is 1. The summed E-state index contributed by atoms with van der Waals surface area (Å²) in [6.45, 7) is 0. The normalized spacial score (nSPS) is 10.9. The van der Waals surface area contributed by atoms with Crippen LogP contribution in [0.25, 0.3) is 6.08 Å². The van der Waals surface area contributed by atoms with Gasteiger partial charge in [-0.1, -0.05) is 42.5 Å². The van der Waals surface area contributed by atoms with Gasteiger partial charge in [-0.3, -0.25) is 9.78 Å². The number of aromatic nitrogens is 1. The van der Waals surface area contributed by atoms with E-state index in [9.17, 15) is 9.90 Å². The van der Waals surface area contributed by atoms with Gasteiger partial charge in [0.25, 0.3) is 0 Å². The van der Waals surface area contributed by atoms with E-state index in [1.165, 1.54) is 11.6 Å². The number of aromatic hydroxyl groups is 1. The topological polar surface area (TPSA) is 50.2 Å². The number of pyridine rings is 1. The Balaban J connectivity index is 1.72. The maximum Gasteiger partial charge on any atom is 0.189 e. The summed E-state index contributed by atoms with van der Waals surface area (Å²) >= 11 is 0. The molecule has 0 unspecified atom stereocenters. The molecule has 0 radical (unpaired) electrons. The smallest absolute Gasteiger partial charge is 0.189 e. The monoisotopic (exact) mass is 329 g/mol. The summed E-state index contributed by atoms with van der Waals surface area (Å²) in [6.07, 6.45) is 6.47. The summed E-state index contributed by atoms with van der Waals surface area (Å²) < 4.78 is 0. The van der Waals surface area contributed by atoms with Gasteiger partial charge in [0.2, 0.25) is 0 Å². The lowest BCUT2D eigenvalue weighted by molar-refractivity contribution is 0.104. The third-order valence-electron chi connectivity index (χ3n) is 3.96. The molecule has 3 nitrogen and oxygen atoms in total. The predicted octanol–water partition coefficient (Wildman–Crippen LogP) is 4.47. The third kappa shape index (κ3) is 4.64. The van der Waals surface area contributed by atoms with Crippen molar-refractivity contribution in [3.05, 3.63) is 101 Å². The molecule has 1 heterocycles. The van der Waals surface area contributed by atoms with Crippen LogP contribution in [-0.4, -0.2) is 15.9 Å². The number of carbonyl (C=O) groups is 1. The molecule has 1 aromatic heterocycles. The number of hydrogen-bond acceptors (Lipinski definition) is 3. The molecular weight excluding hydrogens is 310 g/mol. The Hall–Kier alpha value is -3.20. The first kappa shape index (κ1) is 16.7. The Morgan fingerprint density at radius 3 is 2.44 bits per heavy atom. The maximum absolute atomic E-state index is 12.4. The fourth-order valence-electron chi connectivity index (χ4n) is 2.59. The van der Waals surface area contributed by atoms with Crippen molar-refractivity contribution in [2.45, 2.75) is 12.8 Å². The second-order valence-electron chi connectivity index (χ2n) is 5.79. The van der Waals surface area contributed by atoms with Gasteiger partial charge >= 0.3 is 0 Å². The van der Waals surface area contributed by atoms with Crippen LogP contribution in [0.1, 0.15) is 27.2 Å². The molecule has 2 aromatic carbocycles. The van der Waals surface area contributed by atoms with E-state index in [1.54, 1.807) is 24.4 Å². The van der Waals surface area contributed by atoms with Gasteiger partial charge < -0.3 is 5.11 Å². The fraction of sp³-hybridized carbons (Fsp3) is 0.0909. The van der Waals surface area contributed by atoms with Gasteiger partial charge in [-0.25, -0.2) is 0 Å². The van der Waals surface area contributed by atoms with E-state index < -0.39 is 0 Å². The lowest BCUT2D eigenvalue weighted by Gasteiger charge is -2.06. The first-order valence-corrected chi connectivity index (χ1v) is 8.21. The molecule has 0 aliphatic heterocycles. The molecule has 0 amide bonds. The Morgan fingerprint density at radius 2 is 1.68 bits per heavy atom. The summed E-state index contributed by atoms with van der Waals surface area (Å²) in [5.41, 5.74) is 3.29. The highest BCUT2D eigenvalue weighted by Crippen LogP contribution is 2.21. The first-order valence-electron chi connectivity index (χ1n) is 8.21. The van der Waals surface area contributed by atoms with Crippen molar-refractivity contribution in [2.24, 2.45) is 0 Å². The minimum atomic E-state index is -0.232. The summed E-state index contributed by atoms with van der Waals surface area (Å²) in [5.74, 6) is -0.233. The zero-order chi connectivity index (χ0) is 17.5. The van der Waals surface area contributed by atoms with Crippen molar-refractivity contribution in [2.75, 3.05) is 0 Å². The quantitative estimate of drug-likeness (QED) is 0.536. The zero-order valence-electron chi connectivity index (χ0n) is 13.8. The number of benzene rings is 2. The van der Waals surface area contributed by atoms with Crippen LogP contribution in [0.4, 0.5) is 0 Å². The maximum atomic E-state index is 12.4. The number of rotatable bonds is 6. The Labute approximate surface area is 147 Å². The van der Waals surface area contributed by atoms with Gasteiger partial charge in [0.1, 0.15) is 5.75 Å². The van der Waals surface area contributed by atoms with E-state index >= 15 is 0 Å². The van der Waals surface area contributed by atoms with Crippen LogP contribution >= 0.6 is 0 Å². The molecule has 0 aliphatic rings. The minimum absolute atomic E-state index is 0.000804. The van der Waals surface area contributed by atoms with E-state index in [4.69, 9.17) is 0 Å². The number of aryl methyl sites for hydroxylation is 2. The van der Waals surface area contributed by atoms with E-state index in [0.717, 1.165) is 18.4 Å². The van der Waals surface area contributed by atoms with E-state index in [1.807, 2.05) is 42.5 Å². The number of allylic oxidation sites excluding steroid dienone is 1. The van der Waals surface area contributed by atoms with Gasteiger partial charge in [-0.15, -0.1) is 0 Å². The van der Waals surface area contributed by atoms with Gasteiger partial charge in [0.05, 0.1) is 11.3 Å². The molecule has 0 atom stereocenters. The van der Waals surface area contributed by atoms with Crippen molar-refractivity contribution in [3.8, 4) is 5.75 Å². The molecule has 0 saturated carbocycles. The highest BCUT2D eigenvalue weighted by molar-refractivity contribution is 6.08. The summed E-state index contributed by atoms with van der Waals surface area (Å²) in [6, 6.07) is 20.9. The van der Waals surface area contributed by atoms with Gasteiger partial charge in [0, 0.05) is 6.20 Å². The van der Waals surface area contributed by atoms with Crippen LogP contribution in [0.2, 0.25) is 0 Å². The molecule has 124 valence electrons. The van der Waals surface area contributed by atoms with E-state index in [0.29, 0.717) is 11.3 Å². The lowest BCUT2D eigenvalue weighted by atomic mass is 10.00. The lowest BCUT2D eigenvalue weighted by Crippen LogP contribution is -1.98. The van der Waals surface area contributed by atoms with Crippen LogP contribution < -0.4 is 0 Å². The molecule has 25 heavy (non-hydrogen) atoms. The number of hydrogen-bond donors (Lipinski definition) is 1. The summed E-state index contributed by atoms with van der Waals surface area (Å²) in [5, 5.41) is 10.0. The molecule has 0 saturated heterocycles. The molecule has 3 heteroatoms. The minimum Gasteiger partial charge on any atom is -0.507 e. The van der Waals surface area contributed by atoms with Crippen LogP contribution in [-0.2, 0) is 12.8 Å². The number of phenolic OH excluding ortho intramolecular Hbond substituents is 1. The van der Waals surface area contributed by atoms with Gasteiger partial charge in [0.15, 0.2) is 5.78 Å².